The third-order valence-electron chi connectivity index (χ3n) is 1.94. The van der Waals surface area contributed by atoms with Gasteiger partial charge in [-0.05, 0) is 17.7 Å². The highest BCUT2D eigenvalue weighted by atomic mass is 35.5. The minimum Gasteiger partial charge on any atom is -0.396 e. The van der Waals surface area contributed by atoms with Gasteiger partial charge in [0.25, 0.3) is 0 Å². The van der Waals surface area contributed by atoms with Gasteiger partial charge >= 0.3 is 0 Å². The maximum atomic E-state index is 8.87. The zero-order valence-corrected chi connectivity index (χ0v) is 12.2. The van der Waals surface area contributed by atoms with Gasteiger partial charge in [-0.3, -0.25) is 0 Å². The van der Waals surface area contributed by atoms with Gasteiger partial charge in [0.15, 0.2) is 0 Å². The van der Waals surface area contributed by atoms with Crippen LogP contribution in [0.2, 0.25) is 10.0 Å². The van der Waals surface area contributed by atoms with E-state index in [1.807, 2.05) is 6.07 Å². The Morgan fingerprint density at radius 1 is 1.06 bits per heavy atom. The van der Waals surface area contributed by atoms with E-state index in [2.05, 4.69) is 0 Å². The lowest BCUT2D eigenvalue weighted by atomic mass is 10.2. The smallest absolute Gasteiger partial charge is 0.0767 e. The van der Waals surface area contributed by atoms with Crippen LogP contribution < -0.4 is 0 Å². The lowest BCUT2D eigenvalue weighted by Crippen LogP contribution is -1.98. The van der Waals surface area contributed by atoms with Gasteiger partial charge < -0.3 is 10.2 Å². The third-order valence-corrected chi connectivity index (χ3v) is 5.27. The van der Waals surface area contributed by atoms with Crippen molar-refractivity contribution in [3.63, 3.8) is 0 Å². The van der Waals surface area contributed by atoms with Crippen molar-refractivity contribution in [2.24, 2.45) is 0 Å². The molecule has 0 amide bonds. The minimum atomic E-state index is 0.110. The fourth-order valence-corrected chi connectivity index (χ4v) is 4.26. The second kappa shape index (κ2) is 8.51. The first-order valence-corrected chi connectivity index (χ1v) is 7.94. The fraction of sp³-hybridized carbons (Fsp3) is 0.455. The van der Waals surface area contributed by atoms with Crippen molar-refractivity contribution in [2.45, 2.75) is 4.58 Å². The first-order valence-electron chi connectivity index (χ1n) is 5.09. The van der Waals surface area contributed by atoms with Crippen LogP contribution in [0.25, 0.3) is 0 Å². The van der Waals surface area contributed by atoms with Crippen molar-refractivity contribution in [1.82, 2.24) is 0 Å². The molecule has 2 N–H and O–H groups in total. The molecule has 0 saturated heterocycles. The molecule has 0 aliphatic rings. The molecule has 0 saturated carbocycles. The van der Waals surface area contributed by atoms with Crippen LogP contribution >= 0.6 is 46.7 Å². The van der Waals surface area contributed by atoms with Crippen LogP contribution in [0.3, 0.4) is 0 Å². The summed E-state index contributed by atoms with van der Waals surface area (Å²) in [6.45, 7) is 0.262. The van der Waals surface area contributed by atoms with E-state index in [-0.39, 0.29) is 17.8 Å². The van der Waals surface area contributed by atoms with Crippen LogP contribution in [0.15, 0.2) is 18.2 Å². The van der Waals surface area contributed by atoms with Crippen molar-refractivity contribution in [2.75, 3.05) is 24.7 Å². The minimum absolute atomic E-state index is 0.110. The first-order chi connectivity index (χ1) is 8.19. The normalized spacial score (nSPS) is 11.1. The molecule has 96 valence electrons. The molecule has 1 aromatic rings. The summed E-state index contributed by atoms with van der Waals surface area (Å²) in [6.07, 6.45) is 0. The van der Waals surface area contributed by atoms with E-state index in [9.17, 15) is 0 Å². The van der Waals surface area contributed by atoms with Crippen LogP contribution in [0, 0.1) is 0 Å². The molecule has 0 radical (unpaired) electrons. The number of rotatable bonds is 7. The predicted molar refractivity (Wildman–Crippen MR) is 78.3 cm³/mol. The van der Waals surface area contributed by atoms with Crippen molar-refractivity contribution < 1.29 is 10.2 Å². The Bertz CT molecular complexity index is 342. The van der Waals surface area contributed by atoms with Crippen molar-refractivity contribution in [3.05, 3.63) is 33.8 Å². The molecule has 0 aliphatic carbocycles. The monoisotopic (exact) mass is 312 g/mol. The second-order valence-corrected chi connectivity index (χ2v) is 6.75. The molecule has 0 aromatic heterocycles. The van der Waals surface area contributed by atoms with Gasteiger partial charge in [-0.2, -0.15) is 0 Å². The van der Waals surface area contributed by atoms with E-state index in [0.29, 0.717) is 21.6 Å². The molecule has 1 rings (SSSR count). The lowest BCUT2D eigenvalue weighted by Gasteiger charge is -2.17. The molecule has 0 heterocycles. The van der Waals surface area contributed by atoms with Crippen LogP contribution in [0.4, 0.5) is 0 Å². The average Bonchev–Trinajstić information content (AvgIpc) is 2.30. The van der Waals surface area contributed by atoms with Gasteiger partial charge in [0.05, 0.1) is 17.8 Å². The Morgan fingerprint density at radius 3 is 2.12 bits per heavy atom. The number of aliphatic hydroxyl groups excluding tert-OH is 2. The first kappa shape index (κ1) is 15.5. The number of hydrogen-bond donors (Lipinski definition) is 2. The van der Waals surface area contributed by atoms with Gasteiger partial charge in [-0.15, -0.1) is 23.5 Å². The molecular formula is C11H14Cl2O2S2. The highest BCUT2D eigenvalue weighted by Crippen LogP contribution is 2.42. The summed E-state index contributed by atoms with van der Waals surface area (Å²) in [4.78, 5) is 0. The van der Waals surface area contributed by atoms with Gasteiger partial charge in [0, 0.05) is 21.6 Å². The van der Waals surface area contributed by atoms with Crippen LogP contribution in [0.5, 0.6) is 0 Å². The Kier molecular flexibility index (Phi) is 7.75. The number of benzene rings is 1. The molecule has 0 spiro atoms. The molecule has 0 bridgehead atoms. The zero-order valence-electron chi connectivity index (χ0n) is 9.10. The molecule has 2 nitrogen and oxygen atoms in total. The van der Waals surface area contributed by atoms with Gasteiger partial charge in [-0.1, -0.05) is 29.3 Å². The summed E-state index contributed by atoms with van der Waals surface area (Å²) < 4.78 is 0.110. The Morgan fingerprint density at radius 2 is 1.65 bits per heavy atom. The molecule has 0 aliphatic heterocycles. The summed E-state index contributed by atoms with van der Waals surface area (Å²) >= 11 is 15.2. The predicted octanol–water partition coefficient (Wildman–Crippen LogP) is 3.44. The second-order valence-electron chi connectivity index (χ2n) is 3.19. The van der Waals surface area contributed by atoms with Crippen molar-refractivity contribution in [3.8, 4) is 0 Å². The Labute approximate surface area is 120 Å². The third kappa shape index (κ3) is 5.28. The van der Waals surface area contributed by atoms with Crippen molar-refractivity contribution in [1.29, 1.82) is 0 Å². The maximum Gasteiger partial charge on any atom is 0.0767 e. The number of hydrogen-bond acceptors (Lipinski definition) is 4. The van der Waals surface area contributed by atoms with Crippen molar-refractivity contribution >= 4 is 46.7 Å². The lowest BCUT2D eigenvalue weighted by molar-refractivity contribution is 0.322. The molecule has 6 heteroatoms. The van der Waals surface area contributed by atoms with E-state index in [1.165, 1.54) is 0 Å². The zero-order chi connectivity index (χ0) is 12.7. The molecule has 17 heavy (non-hydrogen) atoms. The maximum absolute atomic E-state index is 8.87. The molecule has 0 atom stereocenters. The van der Waals surface area contributed by atoms with Gasteiger partial charge in [0.2, 0.25) is 0 Å². The number of halogens is 2. The summed E-state index contributed by atoms with van der Waals surface area (Å²) in [5, 5.41) is 19.0. The Balaban J connectivity index is 2.79. The van der Waals surface area contributed by atoms with E-state index in [0.717, 1.165) is 5.56 Å². The molecule has 0 fully saturated rings. The Hall–Kier alpha value is 0.420. The summed E-state index contributed by atoms with van der Waals surface area (Å²) in [7, 11) is 0. The van der Waals surface area contributed by atoms with Crippen LogP contribution in [0.1, 0.15) is 10.1 Å². The van der Waals surface area contributed by atoms with E-state index >= 15 is 0 Å². The summed E-state index contributed by atoms with van der Waals surface area (Å²) in [5.74, 6) is 1.28. The highest BCUT2D eigenvalue weighted by molar-refractivity contribution is 8.16. The van der Waals surface area contributed by atoms with E-state index < -0.39 is 0 Å². The molecule has 1 aromatic carbocycles. The average molecular weight is 313 g/mol. The van der Waals surface area contributed by atoms with Gasteiger partial charge in [-0.25, -0.2) is 0 Å². The summed E-state index contributed by atoms with van der Waals surface area (Å²) in [5.41, 5.74) is 0.980. The molecule has 0 unspecified atom stereocenters. The highest BCUT2D eigenvalue weighted by Gasteiger charge is 2.15. The largest absolute Gasteiger partial charge is 0.396 e. The fourth-order valence-electron chi connectivity index (χ4n) is 1.24. The van der Waals surface area contributed by atoms with Gasteiger partial charge in [0.1, 0.15) is 0 Å². The number of aliphatic hydroxyl groups is 2. The van der Waals surface area contributed by atoms with Crippen LogP contribution in [-0.4, -0.2) is 34.9 Å². The van der Waals surface area contributed by atoms with E-state index in [1.54, 1.807) is 35.7 Å². The topological polar surface area (TPSA) is 40.5 Å². The van der Waals surface area contributed by atoms with Crippen LogP contribution in [-0.2, 0) is 0 Å². The standard InChI is InChI=1S/C11H14Cl2O2S2/c12-8-1-2-9(10(13)7-8)11(16-5-3-14)17-6-4-15/h1-2,7,11,14-15H,3-6H2. The molecular weight excluding hydrogens is 299 g/mol. The summed E-state index contributed by atoms with van der Waals surface area (Å²) in [6, 6.07) is 5.41. The number of thioether (sulfide) groups is 2. The SMILES string of the molecule is OCCSC(SCCO)c1ccc(Cl)cc1Cl. The van der Waals surface area contributed by atoms with E-state index in [4.69, 9.17) is 33.4 Å². The quantitative estimate of drug-likeness (QED) is 0.757.